The third kappa shape index (κ3) is 4.74. The van der Waals surface area contributed by atoms with Crippen molar-refractivity contribution in [2.24, 2.45) is 5.92 Å². The van der Waals surface area contributed by atoms with E-state index in [0.29, 0.717) is 31.6 Å². The molecule has 0 aliphatic heterocycles. The van der Waals surface area contributed by atoms with Gasteiger partial charge in [-0.15, -0.1) is 0 Å². The van der Waals surface area contributed by atoms with Crippen LogP contribution in [0.25, 0.3) is 0 Å². The Labute approximate surface area is 143 Å². The zero-order valence-corrected chi connectivity index (χ0v) is 14.2. The molecule has 2 heterocycles. The van der Waals surface area contributed by atoms with Crippen LogP contribution in [0.2, 0.25) is 0 Å². The van der Waals surface area contributed by atoms with Crippen LogP contribution in [0.15, 0.2) is 45.6 Å². The zero-order chi connectivity index (χ0) is 16.8. The number of amides is 1. The quantitative estimate of drug-likeness (QED) is 0.843. The maximum absolute atomic E-state index is 12.5. The largest absolute Gasteiger partial charge is 0.468 e. The number of hydrogen-bond acceptors (Lipinski definition) is 4. The summed E-state index contributed by atoms with van der Waals surface area (Å²) in [5, 5.41) is 3.22. The van der Waals surface area contributed by atoms with E-state index >= 15 is 0 Å². The monoisotopic (exact) mass is 330 g/mol. The Morgan fingerprint density at radius 2 is 1.75 bits per heavy atom. The number of nitrogens with one attached hydrogen (secondary N) is 1. The molecule has 1 fully saturated rings. The van der Waals surface area contributed by atoms with Gasteiger partial charge < -0.3 is 14.2 Å². The molecular weight excluding hydrogens is 304 g/mol. The maximum Gasteiger partial charge on any atom is 0.234 e. The third-order valence-corrected chi connectivity index (χ3v) is 4.74. The molecule has 2 aromatic heterocycles. The minimum absolute atomic E-state index is 0.0758. The lowest BCUT2D eigenvalue weighted by Gasteiger charge is -2.30. The van der Waals surface area contributed by atoms with E-state index in [9.17, 15) is 4.79 Å². The Morgan fingerprint density at radius 3 is 2.29 bits per heavy atom. The number of furan rings is 2. The highest BCUT2D eigenvalue weighted by Crippen LogP contribution is 2.23. The van der Waals surface area contributed by atoms with Crippen molar-refractivity contribution in [3.63, 3.8) is 0 Å². The molecule has 5 heteroatoms. The highest BCUT2D eigenvalue weighted by molar-refractivity contribution is 5.78. The number of carbonyl (C=O) groups excluding carboxylic acids is 1. The van der Waals surface area contributed by atoms with E-state index in [1.807, 2.05) is 29.2 Å². The van der Waals surface area contributed by atoms with Gasteiger partial charge in [-0.05, 0) is 43.0 Å². The van der Waals surface area contributed by atoms with Gasteiger partial charge in [-0.2, -0.15) is 0 Å². The first-order valence-electron chi connectivity index (χ1n) is 8.77. The molecule has 1 aliphatic carbocycles. The SMILES string of the molecule is C[C@H]1CCCC[C@H]1NC(=O)CN(Cc1ccco1)Cc1ccco1. The molecule has 1 aliphatic rings. The van der Waals surface area contributed by atoms with Crippen LogP contribution in [-0.4, -0.2) is 23.4 Å². The Hall–Kier alpha value is -2.01. The number of hydrogen-bond donors (Lipinski definition) is 1. The fraction of sp³-hybridized carbons (Fsp3) is 0.526. The molecule has 2 aromatic rings. The number of carbonyl (C=O) groups is 1. The molecule has 2 atom stereocenters. The predicted octanol–water partition coefficient (Wildman–Crippen LogP) is 3.57. The van der Waals surface area contributed by atoms with Crippen molar-refractivity contribution >= 4 is 5.91 Å². The maximum atomic E-state index is 12.5. The van der Waals surface area contributed by atoms with Gasteiger partial charge in [-0.1, -0.05) is 19.8 Å². The van der Waals surface area contributed by atoms with Gasteiger partial charge in [0.1, 0.15) is 11.5 Å². The molecular formula is C19H26N2O3. The van der Waals surface area contributed by atoms with E-state index in [1.165, 1.54) is 19.3 Å². The Kier molecular flexibility index (Phi) is 5.75. The van der Waals surface area contributed by atoms with E-state index in [4.69, 9.17) is 8.83 Å². The van der Waals surface area contributed by atoms with Gasteiger partial charge in [0.15, 0.2) is 0 Å². The van der Waals surface area contributed by atoms with Crippen LogP contribution in [0, 0.1) is 5.92 Å². The van der Waals surface area contributed by atoms with Gasteiger partial charge in [0.25, 0.3) is 0 Å². The van der Waals surface area contributed by atoms with Crippen LogP contribution in [0.1, 0.15) is 44.1 Å². The lowest BCUT2D eigenvalue weighted by Crippen LogP contribution is -2.45. The van der Waals surface area contributed by atoms with Crippen LogP contribution in [0.3, 0.4) is 0 Å². The van der Waals surface area contributed by atoms with Crippen molar-refractivity contribution in [1.82, 2.24) is 10.2 Å². The Bertz CT molecular complexity index is 570. The summed E-state index contributed by atoms with van der Waals surface area (Å²) in [6.07, 6.45) is 8.08. The average Bonchev–Trinajstić information content (AvgIpc) is 3.23. The van der Waals surface area contributed by atoms with Crippen molar-refractivity contribution in [2.45, 2.75) is 51.7 Å². The second-order valence-corrected chi connectivity index (χ2v) is 6.74. The molecule has 0 radical (unpaired) electrons. The molecule has 1 N–H and O–H groups in total. The normalized spacial score (nSPS) is 21.1. The summed E-state index contributed by atoms with van der Waals surface area (Å²) in [7, 11) is 0. The fourth-order valence-corrected chi connectivity index (χ4v) is 3.40. The fourth-order valence-electron chi connectivity index (χ4n) is 3.40. The minimum Gasteiger partial charge on any atom is -0.468 e. The predicted molar refractivity (Wildman–Crippen MR) is 91.1 cm³/mol. The summed E-state index contributed by atoms with van der Waals surface area (Å²) in [6, 6.07) is 7.89. The molecule has 1 saturated carbocycles. The summed E-state index contributed by atoms with van der Waals surface area (Å²) >= 11 is 0. The average molecular weight is 330 g/mol. The smallest absolute Gasteiger partial charge is 0.234 e. The highest BCUT2D eigenvalue weighted by atomic mass is 16.3. The topological polar surface area (TPSA) is 58.6 Å². The molecule has 0 saturated heterocycles. The molecule has 0 aromatic carbocycles. The number of nitrogens with zero attached hydrogens (tertiary/aromatic N) is 1. The van der Waals surface area contributed by atoms with E-state index in [1.54, 1.807) is 12.5 Å². The molecule has 130 valence electrons. The minimum atomic E-state index is 0.0758. The van der Waals surface area contributed by atoms with Gasteiger partial charge in [0.2, 0.25) is 5.91 Å². The molecule has 24 heavy (non-hydrogen) atoms. The molecule has 0 unspecified atom stereocenters. The van der Waals surface area contributed by atoms with Gasteiger partial charge in [0, 0.05) is 6.04 Å². The first kappa shape index (κ1) is 16.8. The standard InChI is InChI=1S/C19H26N2O3/c1-15-6-2-3-9-18(15)20-19(22)14-21(12-16-7-4-10-23-16)13-17-8-5-11-24-17/h4-5,7-8,10-11,15,18H,2-3,6,9,12-14H2,1H3,(H,20,22)/t15-,18+/m0/s1. The number of rotatable bonds is 7. The lowest BCUT2D eigenvalue weighted by atomic mass is 9.86. The van der Waals surface area contributed by atoms with Gasteiger partial charge in [-0.3, -0.25) is 9.69 Å². The summed E-state index contributed by atoms with van der Waals surface area (Å²) in [5.41, 5.74) is 0. The summed E-state index contributed by atoms with van der Waals surface area (Å²) in [5.74, 6) is 2.33. The summed E-state index contributed by atoms with van der Waals surface area (Å²) in [4.78, 5) is 14.6. The van der Waals surface area contributed by atoms with Crippen LogP contribution in [0.5, 0.6) is 0 Å². The van der Waals surface area contributed by atoms with Crippen LogP contribution in [0.4, 0.5) is 0 Å². The van der Waals surface area contributed by atoms with Gasteiger partial charge >= 0.3 is 0 Å². The molecule has 3 rings (SSSR count). The first-order valence-corrected chi connectivity index (χ1v) is 8.77. The third-order valence-electron chi connectivity index (χ3n) is 4.74. The van der Waals surface area contributed by atoms with Crippen molar-refractivity contribution in [3.8, 4) is 0 Å². The lowest BCUT2D eigenvalue weighted by molar-refractivity contribution is -0.123. The Morgan fingerprint density at radius 1 is 1.12 bits per heavy atom. The second-order valence-electron chi connectivity index (χ2n) is 6.74. The molecule has 0 spiro atoms. The van der Waals surface area contributed by atoms with Gasteiger partial charge in [0.05, 0.1) is 32.2 Å². The van der Waals surface area contributed by atoms with E-state index in [2.05, 4.69) is 12.2 Å². The second kappa shape index (κ2) is 8.20. The van der Waals surface area contributed by atoms with Crippen molar-refractivity contribution in [2.75, 3.05) is 6.54 Å². The van der Waals surface area contributed by atoms with E-state index in [0.717, 1.165) is 17.9 Å². The van der Waals surface area contributed by atoms with E-state index < -0.39 is 0 Å². The zero-order valence-electron chi connectivity index (χ0n) is 14.2. The van der Waals surface area contributed by atoms with Crippen molar-refractivity contribution in [1.29, 1.82) is 0 Å². The summed E-state index contributed by atoms with van der Waals surface area (Å²) < 4.78 is 10.9. The van der Waals surface area contributed by atoms with Crippen LogP contribution in [-0.2, 0) is 17.9 Å². The first-order chi connectivity index (χ1) is 11.7. The van der Waals surface area contributed by atoms with Crippen LogP contribution >= 0.6 is 0 Å². The van der Waals surface area contributed by atoms with Crippen molar-refractivity contribution in [3.05, 3.63) is 48.3 Å². The van der Waals surface area contributed by atoms with Crippen LogP contribution < -0.4 is 5.32 Å². The molecule has 0 bridgehead atoms. The highest BCUT2D eigenvalue weighted by Gasteiger charge is 2.24. The van der Waals surface area contributed by atoms with Crippen molar-refractivity contribution < 1.29 is 13.6 Å². The van der Waals surface area contributed by atoms with E-state index in [-0.39, 0.29) is 5.91 Å². The summed E-state index contributed by atoms with van der Waals surface area (Å²) in [6.45, 7) is 3.74. The Balaban J connectivity index is 1.58. The molecule has 1 amide bonds. The molecule has 5 nitrogen and oxygen atoms in total. The van der Waals surface area contributed by atoms with Gasteiger partial charge in [-0.25, -0.2) is 0 Å².